The molecule has 1 fully saturated rings. The van der Waals surface area contributed by atoms with Gasteiger partial charge in [-0.05, 0) is 51.5 Å². The van der Waals surface area contributed by atoms with E-state index in [1.807, 2.05) is 7.05 Å². The van der Waals surface area contributed by atoms with E-state index >= 15 is 0 Å². The molecule has 0 bridgehead atoms. The molecule has 0 spiro atoms. The number of rotatable bonds is 8. The summed E-state index contributed by atoms with van der Waals surface area (Å²) in [6, 6.07) is 0.602. The molecular weight excluding hydrogens is 288 g/mol. The van der Waals surface area contributed by atoms with E-state index in [9.17, 15) is 0 Å². The van der Waals surface area contributed by atoms with E-state index in [4.69, 9.17) is 4.74 Å². The second-order valence-corrected chi connectivity index (χ2v) is 6.56. The molecule has 2 N–H and O–H groups in total. The van der Waals surface area contributed by atoms with Crippen molar-refractivity contribution in [3.63, 3.8) is 0 Å². The van der Waals surface area contributed by atoms with Gasteiger partial charge in [0, 0.05) is 39.8 Å². The molecule has 1 aliphatic heterocycles. The van der Waals surface area contributed by atoms with Crippen LogP contribution in [0.25, 0.3) is 0 Å². The first-order chi connectivity index (χ1) is 11.3. The fourth-order valence-corrected chi connectivity index (χ4v) is 3.54. The number of aliphatic imine (C=N–C) groups is 1. The highest BCUT2D eigenvalue weighted by molar-refractivity contribution is 5.79. The van der Waals surface area contributed by atoms with E-state index in [-0.39, 0.29) is 0 Å². The number of hydrogen-bond acceptors (Lipinski definition) is 3. The van der Waals surface area contributed by atoms with Gasteiger partial charge in [0.05, 0.1) is 6.61 Å². The number of hydrogen-bond donors (Lipinski definition) is 2. The fraction of sp³-hybridized carbons (Fsp3) is 0.833. The summed E-state index contributed by atoms with van der Waals surface area (Å²) in [5, 5.41) is 6.95. The minimum atomic E-state index is 0.602. The van der Waals surface area contributed by atoms with Gasteiger partial charge >= 0.3 is 0 Å². The lowest BCUT2D eigenvalue weighted by molar-refractivity contribution is 0.141. The summed E-state index contributed by atoms with van der Waals surface area (Å²) in [7, 11) is 3.63. The Kier molecular flexibility index (Phi) is 8.47. The highest BCUT2D eigenvalue weighted by Gasteiger charge is 2.23. The van der Waals surface area contributed by atoms with Gasteiger partial charge in [-0.15, -0.1) is 0 Å². The molecule has 0 amide bonds. The zero-order valence-corrected chi connectivity index (χ0v) is 14.9. The summed E-state index contributed by atoms with van der Waals surface area (Å²) in [5.41, 5.74) is 1.61. The van der Waals surface area contributed by atoms with Gasteiger partial charge in [0.2, 0.25) is 0 Å². The van der Waals surface area contributed by atoms with Crippen LogP contribution in [0.1, 0.15) is 44.9 Å². The Morgan fingerprint density at radius 3 is 3.00 bits per heavy atom. The standard InChI is InChI=1S/C18H34N4O/c1-19-18(20-11-10-16-7-4-3-5-8-16)21-15-17-9-6-12-22(17)13-14-23-2/h7,17H,3-6,8-15H2,1-2H3,(H2,19,20,21). The third-order valence-electron chi connectivity index (χ3n) is 4.93. The number of likely N-dealkylation sites (tertiary alicyclic amines) is 1. The SMILES string of the molecule is CN=C(NCCC1=CCCCC1)NCC1CCCN1CCOC. The first-order valence-corrected chi connectivity index (χ1v) is 9.19. The Bertz CT molecular complexity index is 394. The van der Waals surface area contributed by atoms with Crippen LogP contribution in [0.15, 0.2) is 16.6 Å². The molecule has 1 aliphatic carbocycles. The zero-order chi connectivity index (χ0) is 16.3. The normalized spacial score (nSPS) is 23.0. The minimum Gasteiger partial charge on any atom is -0.383 e. The van der Waals surface area contributed by atoms with E-state index in [0.717, 1.165) is 38.6 Å². The molecule has 0 aromatic heterocycles. The fourth-order valence-electron chi connectivity index (χ4n) is 3.54. The number of nitrogens with zero attached hydrogens (tertiary/aromatic N) is 2. The lowest BCUT2D eigenvalue weighted by atomic mass is 9.97. The highest BCUT2D eigenvalue weighted by atomic mass is 16.5. The summed E-state index contributed by atoms with van der Waals surface area (Å²) < 4.78 is 5.21. The van der Waals surface area contributed by atoms with E-state index in [1.165, 1.54) is 45.1 Å². The van der Waals surface area contributed by atoms with Crippen LogP contribution < -0.4 is 10.6 Å². The summed E-state index contributed by atoms with van der Waals surface area (Å²) in [6.07, 6.45) is 11.4. The predicted molar refractivity (Wildman–Crippen MR) is 97.0 cm³/mol. The molecule has 1 heterocycles. The average molecular weight is 322 g/mol. The van der Waals surface area contributed by atoms with Crippen molar-refractivity contribution in [3.05, 3.63) is 11.6 Å². The highest BCUT2D eigenvalue weighted by Crippen LogP contribution is 2.19. The van der Waals surface area contributed by atoms with Crippen molar-refractivity contribution in [2.24, 2.45) is 4.99 Å². The molecule has 1 unspecified atom stereocenters. The number of allylic oxidation sites excluding steroid dienone is 1. The maximum Gasteiger partial charge on any atom is 0.191 e. The van der Waals surface area contributed by atoms with Gasteiger partial charge in [-0.3, -0.25) is 9.89 Å². The van der Waals surface area contributed by atoms with Crippen LogP contribution in [-0.4, -0.2) is 63.8 Å². The van der Waals surface area contributed by atoms with Crippen LogP contribution in [-0.2, 0) is 4.74 Å². The number of ether oxygens (including phenoxy) is 1. The van der Waals surface area contributed by atoms with Gasteiger partial charge in [0.25, 0.3) is 0 Å². The van der Waals surface area contributed by atoms with Crippen LogP contribution in [0.4, 0.5) is 0 Å². The van der Waals surface area contributed by atoms with Crippen molar-refractivity contribution in [1.82, 2.24) is 15.5 Å². The largest absolute Gasteiger partial charge is 0.383 e. The topological polar surface area (TPSA) is 48.9 Å². The van der Waals surface area contributed by atoms with Crippen molar-refractivity contribution >= 4 is 5.96 Å². The van der Waals surface area contributed by atoms with Crippen LogP contribution in [0.2, 0.25) is 0 Å². The van der Waals surface area contributed by atoms with E-state index in [2.05, 4.69) is 26.6 Å². The van der Waals surface area contributed by atoms with Crippen LogP contribution in [0.5, 0.6) is 0 Å². The molecule has 5 heteroatoms. The van der Waals surface area contributed by atoms with E-state index < -0.39 is 0 Å². The predicted octanol–water partition coefficient (Wildman–Crippen LogP) is 2.15. The maximum absolute atomic E-state index is 5.21. The third kappa shape index (κ3) is 6.51. The molecule has 0 aromatic rings. The molecule has 0 aromatic carbocycles. The summed E-state index contributed by atoms with van der Waals surface area (Å²) >= 11 is 0. The first-order valence-electron chi connectivity index (χ1n) is 9.19. The van der Waals surface area contributed by atoms with Crippen molar-refractivity contribution in [2.75, 3.05) is 46.9 Å². The number of nitrogens with one attached hydrogen (secondary N) is 2. The Hall–Kier alpha value is -1.07. The van der Waals surface area contributed by atoms with Crippen LogP contribution >= 0.6 is 0 Å². The second-order valence-electron chi connectivity index (χ2n) is 6.56. The van der Waals surface area contributed by atoms with Crippen LogP contribution in [0.3, 0.4) is 0 Å². The maximum atomic E-state index is 5.21. The molecular formula is C18H34N4O. The monoisotopic (exact) mass is 322 g/mol. The minimum absolute atomic E-state index is 0.602. The first kappa shape index (κ1) is 18.3. The Balaban J connectivity index is 1.65. The smallest absolute Gasteiger partial charge is 0.191 e. The van der Waals surface area contributed by atoms with Crippen molar-refractivity contribution in [3.8, 4) is 0 Å². The van der Waals surface area contributed by atoms with Crippen molar-refractivity contribution in [2.45, 2.75) is 51.0 Å². The van der Waals surface area contributed by atoms with Gasteiger partial charge < -0.3 is 15.4 Å². The lowest BCUT2D eigenvalue weighted by Crippen LogP contribution is -2.45. The molecule has 2 rings (SSSR count). The molecule has 0 saturated carbocycles. The third-order valence-corrected chi connectivity index (χ3v) is 4.93. The molecule has 0 radical (unpaired) electrons. The van der Waals surface area contributed by atoms with Crippen LogP contribution in [0, 0.1) is 0 Å². The molecule has 1 atom stereocenters. The second kappa shape index (κ2) is 10.7. The molecule has 2 aliphatic rings. The lowest BCUT2D eigenvalue weighted by Gasteiger charge is -2.25. The summed E-state index contributed by atoms with van der Waals surface area (Å²) in [4.78, 5) is 6.88. The van der Waals surface area contributed by atoms with Gasteiger partial charge in [-0.2, -0.15) is 0 Å². The number of guanidine groups is 1. The summed E-state index contributed by atoms with van der Waals surface area (Å²) in [6.45, 7) is 4.98. The van der Waals surface area contributed by atoms with Crippen molar-refractivity contribution < 1.29 is 4.74 Å². The van der Waals surface area contributed by atoms with Gasteiger partial charge in [0.1, 0.15) is 0 Å². The van der Waals surface area contributed by atoms with Gasteiger partial charge in [0.15, 0.2) is 5.96 Å². The van der Waals surface area contributed by atoms with E-state index in [0.29, 0.717) is 6.04 Å². The van der Waals surface area contributed by atoms with Gasteiger partial charge in [-0.1, -0.05) is 11.6 Å². The quantitative estimate of drug-likeness (QED) is 0.408. The molecule has 23 heavy (non-hydrogen) atoms. The number of methoxy groups -OCH3 is 1. The summed E-state index contributed by atoms with van der Waals surface area (Å²) in [5.74, 6) is 0.931. The Morgan fingerprint density at radius 2 is 2.26 bits per heavy atom. The molecule has 5 nitrogen and oxygen atoms in total. The van der Waals surface area contributed by atoms with Gasteiger partial charge in [-0.25, -0.2) is 0 Å². The molecule has 1 saturated heterocycles. The van der Waals surface area contributed by atoms with Crippen molar-refractivity contribution in [1.29, 1.82) is 0 Å². The molecule has 132 valence electrons. The Labute approximate surface area is 141 Å². The zero-order valence-electron chi connectivity index (χ0n) is 14.9. The Morgan fingerprint density at radius 1 is 1.35 bits per heavy atom. The average Bonchev–Trinajstić information content (AvgIpc) is 3.04. The van der Waals surface area contributed by atoms with E-state index in [1.54, 1.807) is 12.7 Å².